The zero-order valence-corrected chi connectivity index (χ0v) is 23.6. The van der Waals surface area contributed by atoms with Crippen LogP contribution in [0.4, 0.5) is 0 Å². The third-order valence-corrected chi connectivity index (χ3v) is 11.5. The number of ketones is 1. The topological polar surface area (TPSA) is 78.9 Å². The van der Waals surface area contributed by atoms with Gasteiger partial charge in [0.2, 0.25) is 0 Å². The van der Waals surface area contributed by atoms with E-state index in [1.807, 2.05) is 0 Å². The summed E-state index contributed by atoms with van der Waals surface area (Å²) in [5, 5.41) is 0. The Balaban J connectivity index is 1.30. The molecule has 10 atom stereocenters. The largest absolute Gasteiger partial charge is 0.494 e. The van der Waals surface area contributed by atoms with Crippen LogP contribution in [0.2, 0.25) is 0 Å². The van der Waals surface area contributed by atoms with E-state index in [2.05, 4.69) is 27.7 Å². The normalized spacial score (nSPS) is 43.2. The fraction of sp³-hybridized carbons (Fsp3) is 0.839. The standard InChI is InChI=1S/C31H46O6/c1-17(16-35-19(3)32)7-10-26-18(2)29-27(37-26)14-25-23-9-8-21-13-22(36-20(4)33)11-12-30(21,5)24(23)15-28(34)31(25,29)6/h17,21-25,27,29H,7-16H2,1-6H3/t17-,21+,22-,23-,24-,25+,27+,29-,30+,31-/m1/s1. The molecule has 6 nitrogen and oxygen atoms in total. The first-order chi connectivity index (χ1) is 17.4. The molecule has 0 N–H and O–H groups in total. The Morgan fingerprint density at radius 3 is 2.54 bits per heavy atom. The lowest BCUT2D eigenvalue weighted by Gasteiger charge is -2.60. The van der Waals surface area contributed by atoms with Crippen LogP contribution in [0.3, 0.4) is 0 Å². The van der Waals surface area contributed by atoms with Crippen molar-refractivity contribution in [2.24, 2.45) is 46.3 Å². The maximum Gasteiger partial charge on any atom is 0.302 e. The van der Waals surface area contributed by atoms with Crippen LogP contribution in [-0.2, 0) is 28.6 Å². The molecule has 0 amide bonds. The molecule has 1 aliphatic heterocycles. The van der Waals surface area contributed by atoms with Gasteiger partial charge in [0.1, 0.15) is 18.0 Å². The second-order valence-electron chi connectivity index (χ2n) is 13.5. The van der Waals surface area contributed by atoms with Gasteiger partial charge >= 0.3 is 11.9 Å². The molecule has 6 heteroatoms. The van der Waals surface area contributed by atoms with E-state index in [1.165, 1.54) is 32.3 Å². The van der Waals surface area contributed by atoms with Crippen molar-refractivity contribution in [2.45, 2.75) is 112 Å². The SMILES string of the molecule is CC(=O)OC[C@H](C)CCC1=C(C)[C@@H]2[C@H](C[C@H]3[C@@H]4CC[C@H]5C[C@H](OC(C)=O)CC[C@]5(C)[C@@H]4CC(=O)[C@]23C)O1. The summed E-state index contributed by atoms with van der Waals surface area (Å²) in [6.45, 7) is 12.4. The third-order valence-electron chi connectivity index (χ3n) is 11.5. The van der Waals surface area contributed by atoms with Gasteiger partial charge in [-0.25, -0.2) is 0 Å². The van der Waals surface area contributed by atoms with Crippen LogP contribution >= 0.6 is 0 Å². The fourth-order valence-corrected chi connectivity index (χ4v) is 9.55. The van der Waals surface area contributed by atoms with E-state index in [1.54, 1.807) is 0 Å². The van der Waals surface area contributed by atoms with Crippen molar-refractivity contribution in [3.05, 3.63) is 11.3 Å². The smallest absolute Gasteiger partial charge is 0.302 e. The third kappa shape index (κ3) is 4.44. The first-order valence-corrected chi connectivity index (χ1v) is 14.6. The molecule has 0 saturated heterocycles. The van der Waals surface area contributed by atoms with Gasteiger partial charge in [-0.3, -0.25) is 14.4 Å². The summed E-state index contributed by atoms with van der Waals surface area (Å²) in [4.78, 5) is 36.8. The van der Waals surface area contributed by atoms with E-state index in [0.717, 1.165) is 44.3 Å². The minimum atomic E-state index is -0.334. The fourth-order valence-electron chi connectivity index (χ4n) is 9.55. The van der Waals surface area contributed by atoms with Gasteiger partial charge < -0.3 is 14.2 Å². The van der Waals surface area contributed by atoms with Crippen LogP contribution in [0.5, 0.6) is 0 Å². The Kier molecular flexibility index (Phi) is 7.02. The maximum absolute atomic E-state index is 14.1. The highest BCUT2D eigenvalue weighted by Crippen LogP contribution is 2.68. The minimum absolute atomic E-state index is 0.0406. The van der Waals surface area contributed by atoms with E-state index >= 15 is 0 Å². The molecule has 4 aliphatic carbocycles. The molecule has 4 saturated carbocycles. The van der Waals surface area contributed by atoms with Gasteiger partial charge in [0, 0.05) is 38.0 Å². The molecule has 0 radical (unpaired) electrons. The lowest BCUT2D eigenvalue weighted by Crippen LogP contribution is -2.57. The van der Waals surface area contributed by atoms with E-state index in [-0.39, 0.29) is 46.8 Å². The van der Waals surface area contributed by atoms with Gasteiger partial charge in [0.15, 0.2) is 0 Å². The Morgan fingerprint density at radius 1 is 1.08 bits per heavy atom. The highest BCUT2D eigenvalue weighted by molar-refractivity contribution is 5.87. The molecule has 1 heterocycles. The van der Waals surface area contributed by atoms with Crippen molar-refractivity contribution < 1.29 is 28.6 Å². The first-order valence-electron chi connectivity index (χ1n) is 14.6. The van der Waals surface area contributed by atoms with Crippen molar-refractivity contribution in [3.8, 4) is 0 Å². The van der Waals surface area contributed by atoms with Gasteiger partial charge in [-0.05, 0) is 92.4 Å². The number of carbonyl (C=O) groups is 3. The average molecular weight is 515 g/mol. The Bertz CT molecular complexity index is 984. The van der Waals surface area contributed by atoms with Gasteiger partial charge in [-0.2, -0.15) is 0 Å². The molecule has 0 bridgehead atoms. The molecule has 37 heavy (non-hydrogen) atoms. The number of ether oxygens (including phenoxy) is 3. The average Bonchev–Trinajstić information content (AvgIpc) is 3.31. The van der Waals surface area contributed by atoms with E-state index in [9.17, 15) is 14.4 Å². The van der Waals surface area contributed by atoms with Crippen molar-refractivity contribution in [2.75, 3.05) is 6.61 Å². The number of Topliss-reactive ketones (excluding diaryl/α,β-unsaturated/α-hetero) is 1. The molecule has 5 aliphatic rings. The Morgan fingerprint density at radius 2 is 1.84 bits per heavy atom. The molecule has 0 unspecified atom stereocenters. The summed E-state index contributed by atoms with van der Waals surface area (Å²) in [6.07, 6.45) is 8.83. The van der Waals surface area contributed by atoms with E-state index < -0.39 is 0 Å². The molecule has 206 valence electrons. The molecule has 5 rings (SSSR count). The van der Waals surface area contributed by atoms with Crippen molar-refractivity contribution in [1.82, 2.24) is 0 Å². The highest BCUT2D eigenvalue weighted by Gasteiger charge is 2.67. The highest BCUT2D eigenvalue weighted by atomic mass is 16.5. The Labute approximate surface area is 222 Å². The molecule has 4 fully saturated rings. The summed E-state index contributed by atoms with van der Waals surface area (Å²) in [6, 6.07) is 0. The lowest BCUT2D eigenvalue weighted by atomic mass is 9.44. The zero-order valence-electron chi connectivity index (χ0n) is 23.6. The van der Waals surface area contributed by atoms with Crippen LogP contribution in [0.15, 0.2) is 11.3 Å². The first kappa shape index (κ1) is 26.7. The van der Waals surface area contributed by atoms with Crippen LogP contribution in [0.1, 0.15) is 99.3 Å². The van der Waals surface area contributed by atoms with Crippen LogP contribution in [0, 0.1) is 46.3 Å². The van der Waals surface area contributed by atoms with Crippen LogP contribution < -0.4 is 0 Å². The number of fused-ring (bicyclic) bond motifs is 7. The Hall–Kier alpha value is -1.85. The second-order valence-corrected chi connectivity index (χ2v) is 13.5. The summed E-state index contributed by atoms with van der Waals surface area (Å²) in [7, 11) is 0. The number of rotatable bonds is 6. The van der Waals surface area contributed by atoms with Gasteiger partial charge in [-0.15, -0.1) is 0 Å². The van der Waals surface area contributed by atoms with Gasteiger partial charge in [0.25, 0.3) is 0 Å². The zero-order chi connectivity index (χ0) is 26.7. The predicted molar refractivity (Wildman–Crippen MR) is 139 cm³/mol. The summed E-state index contributed by atoms with van der Waals surface area (Å²) < 4.78 is 17.4. The van der Waals surface area contributed by atoms with Crippen LogP contribution in [0.25, 0.3) is 0 Å². The van der Waals surface area contributed by atoms with Crippen molar-refractivity contribution >= 4 is 17.7 Å². The lowest BCUT2D eigenvalue weighted by molar-refractivity contribution is -0.165. The molecule has 0 spiro atoms. The molecular weight excluding hydrogens is 468 g/mol. The number of carbonyl (C=O) groups excluding carboxylic acids is 3. The molecular formula is C31H46O6. The minimum Gasteiger partial charge on any atom is -0.494 e. The van der Waals surface area contributed by atoms with Gasteiger partial charge in [-0.1, -0.05) is 20.8 Å². The monoisotopic (exact) mass is 514 g/mol. The summed E-state index contributed by atoms with van der Waals surface area (Å²) in [5.74, 6) is 3.49. The quantitative estimate of drug-likeness (QED) is 0.404. The molecule has 0 aromatic heterocycles. The van der Waals surface area contributed by atoms with Crippen molar-refractivity contribution in [3.63, 3.8) is 0 Å². The second kappa shape index (κ2) is 9.72. The van der Waals surface area contributed by atoms with E-state index in [4.69, 9.17) is 14.2 Å². The molecule has 0 aromatic rings. The van der Waals surface area contributed by atoms with Crippen molar-refractivity contribution in [1.29, 1.82) is 0 Å². The van der Waals surface area contributed by atoms with E-state index in [0.29, 0.717) is 42.5 Å². The maximum atomic E-state index is 14.1. The number of esters is 2. The number of hydrogen-bond donors (Lipinski definition) is 0. The number of hydrogen-bond acceptors (Lipinski definition) is 6. The summed E-state index contributed by atoms with van der Waals surface area (Å²) >= 11 is 0. The van der Waals surface area contributed by atoms with Crippen LogP contribution in [-0.4, -0.2) is 36.5 Å². The predicted octanol–water partition coefficient (Wildman–Crippen LogP) is 6.02. The molecule has 0 aromatic carbocycles. The van der Waals surface area contributed by atoms with Gasteiger partial charge in [0.05, 0.1) is 12.4 Å². The summed E-state index contributed by atoms with van der Waals surface area (Å²) in [5.41, 5.74) is 1.10. The number of allylic oxidation sites excluding steroid dienone is 1.